The first-order chi connectivity index (χ1) is 9.52. The van der Waals surface area contributed by atoms with Crippen LogP contribution >= 0.6 is 27.7 Å². The molecule has 7 heteroatoms. The number of nitrogens with zero attached hydrogens (tertiary/aromatic N) is 3. The first-order valence-electron chi connectivity index (χ1n) is 6.08. The predicted octanol–water partition coefficient (Wildman–Crippen LogP) is 3.08. The fraction of sp³-hybridized carbons (Fsp3) is 0.308. The normalized spacial score (nSPS) is 10.8. The Morgan fingerprint density at radius 3 is 2.80 bits per heavy atom. The number of hydrogen-bond donors (Lipinski definition) is 1. The highest BCUT2D eigenvalue weighted by Gasteiger charge is 2.16. The van der Waals surface area contributed by atoms with Crippen LogP contribution in [0.3, 0.4) is 0 Å². The van der Waals surface area contributed by atoms with Crippen LogP contribution in [0.4, 0.5) is 0 Å². The molecule has 0 aliphatic rings. The van der Waals surface area contributed by atoms with Crippen molar-refractivity contribution in [3.8, 4) is 5.69 Å². The highest BCUT2D eigenvalue weighted by atomic mass is 79.9. The first kappa shape index (κ1) is 15.1. The van der Waals surface area contributed by atoms with Gasteiger partial charge in [-0.05, 0) is 40.5 Å². The van der Waals surface area contributed by atoms with E-state index in [0.717, 1.165) is 28.0 Å². The summed E-state index contributed by atoms with van der Waals surface area (Å²) in [6.45, 7) is 4.01. The molecule has 0 fully saturated rings. The van der Waals surface area contributed by atoms with Crippen molar-refractivity contribution in [3.05, 3.63) is 34.1 Å². The number of carboxylic acid groups (broad SMARTS) is 1. The number of thioether (sulfide) groups is 1. The summed E-state index contributed by atoms with van der Waals surface area (Å²) < 4.78 is 2.83. The van der Waals surface area contributed by atoms with Crippen molar-refractivity contribution in [3.63, 3.8) is 0 Å². The summed E-state index contributed by atoms with van der Waals surface area (Å²) in [5.74, 6) is -0.0984. The number of aromatic nitrogens is 3. The van der Waals surface area contributed by atoms with Crippen LogP contribution in [0.25, 0.3) is 5.69 Å². The van der Waals surface area contributed by atoms with Crippen LogP contribution in [0, 0.1) is 6.92 Å². The summed E-state index contributed by atoms with van der Waals surface area (Å²) in [6, 6.07) is 6.00. The van der Waals surface area contributed by atoms with Gasteiger partial charge in [-0.3, -0.25) is 9.36 Å². The number of aliphatic carboxylic acids is 1. The fourth-order valence-corrected chi connectivity index (χ4v) is 3.14. The molecule has 0 amide bonds. The van der Waals surface area contributed by atoms with Crippen molar-refractivity contribution in [1.29, 1.82) is 0 Å². The van der Waals surface area contributed by atoms with Crippen molar-refractivity contribution in [1.82, 2.24) is 14.8 Å². The van der Waals surface area contributed by atoms with Gasteiger partial charge in [-0.15, -0.1) is 10.2 Å². The summed E-state index contributed by atoms with van der Waals surface area (Å²) in [7, 11) is 0. The van der Waals surface area contributed by atoms with Crippen molar-refractivity contribution >= 4 is 33.7 Å². The van der Waals surface area contributed by atoms with E-state index in [1.807, 2.05) is 36.6 Å². The fourth-order valence-electron chi connectivity index (χ4n) is 1.78. The minimum Gasteiger partial charge on any atom is -0.481 e. The van der Waals surface area contributed by atoms with Gasteiger partial charge in [0.15, 0.2) is 5.16 Å². The maximum Gasteiger partial charge on any atom is 0.313 e. The molecule has 0 saturated carbocycles. The smallest absolute Gasteiger partial charge is 0.313 e. The lowest BCUT2D eigenvalue weighted by Crippen LogP contribution is -2.05. The Balaban J connectivity index is 2.47. The third kappa shape index (κ3) is 3.21. The third-order valence-corrected chi connectivity index (χ3v) is 4.23. The number of benzene rings is 1. The standard InChI is InChI=1S/C13H14BrN3O2S/c1-3-11-15-16-13(20-7-12(18)19)17(11)10-5-4-8(2)6-9(10)14/h4-6H,3,7H2,1-2H3,(H,18,19). The topological polar surface area (TPSA) is 68.0 Å². The minimum atomic E-state index is -0.870. The first-order valence-corrected chi connectivity index (χ1v) is 7.86. The number of carbonyl (C=O) groups is 1. The van der Waals surface area contributed by atoms with Gasteiger partial charge in [0, 0.05) is 10.9 Å². The molecule has 2 aromatic rings. The van der Waals surface area contributed by atoms with E-state index in [9.17, 15) is 4.79 Å². The molecule has 0 unspecified atom stereocenters. The number of aryl methyl sites for hydroxylation is 2. The van der Waals surface area contributed by atoms with Crippen LogP contribution in [0.2, 0.25) is 0 Å². The van der Waals surface area contributed by atoms with Crippen LogP contribution in [0.5, 0.6) is 0 Å². The lowest BCUT2D eigenvalue weighted by molar-refractivity contribution is -0.133. The minimum absolute atomic E-state index is 0.0364. The van der Waals surface area contributed by atoms with Gasteiger partial charge in [0.1, 0.15) is 5.82 Å². The zero-order valence-corrected chi connectivity index (χ0v) is 13.5. The summed E-state index contributed by atoms with van der Waals surface area (Å²) in [5.41, 5.74) is 2.07. The molecule has 0 spiro atoms. The van der Waals surface area contributed by atoms with E-state index in [1.165, 1.54) is 11.8 Å². The van der Waals surface area contributed by atoms with Crippen molar-refractivity contribution in [2.45, 2.75) is 25.4 Å². The molecule has 1 N–H and O–H groups in total. The van der Waals surface area contributed by atoms with Gasteiger partial charge in [0.05, 0.1) is 11.4 Å². The Hall–Kier alpha value is -1.34. The van der Waals surface area contributed by atoms with Crippen LogP contribution in [-0.2, 0) is 11.2 Å². The molecular formula is C13H14BrN3O2S. The molecule has 0 saturated heterocycles. The van der Waals surface area contributed by atoms with Crippen molar-refractivity contribution < 1.29 is 9.90 Å². The second kappa shape index (κ2) is 6.41. The van der Waals surface area contributed by atoms with Crippen LogP contribution in [0.15, 0.2) is 27.8 Å². The second-order valence-electron chi connectivity index (χ2n) is 4.23. The van der Waals surface area contributed by atoms with Gasteiger partial charge in [-0.25, -0.2) is 0 Å². The van der Waals surface area contributed by atoms with Gasteiger partial charge in [0.2, 0.25) is 0 Å². The molecule has 1 heterocycles. The summed E-state index contributed by atoms with van der Waals surface area (Å²) in [6.07, 6.45) is 0.723. The number of carboxylic acids is 1. The van der Waals surface area contributed by atoms with E-state index in [0.29, 0.717) is 5.16 Å². The molecule has 1 aromatic carbocycles. The van der Waals surface area contributed by atoms with E-state index < -0.39 is 5.97 Å². The lowest BCUT2D eigenvalue weighted by Gasteiger charge is -2.11. The van der Waals surface area contributed by atoms with E-state index >= 15 is 0 Å². The molecular weight excluding hydrogens is 342 g/mol. The third-order valence-electron chi connectivity index (χ3n) is 2.69. The highest BCUT2D eigenvalue weighted by molar-refractivity contribution is 9.10. The maximum absolute atomic E-state index is 10.7. The Morgan fingerprint density at radius 1 is 1.45 bits per heavy atom. The summed E-state index contributed by atoms with van der Waals surface area (Å²) in [4.78, 5) is 10.7. The summed E-state index contributed by atoms with van der Waals surface area (Å²) >= 11 is 4.71. The highest BCUT2D eigenvalue weighted by Crippen LogP contribution is 2.28. The van der Waals surface area contributed by atoms with Gasteiger partial charge < -0.3 is 5.11 Å². The zero-order valence-electron chi connectivity index (χ0n) is 11.1. The van der Waals surface area contributed by atoms with Gasteiger partial charge in [-0.1, -0.05) is 24.8 Å². The molecule has 20 heavy (non-hydrogen) atoms. The van der Waals surface area contributed by atoms with Gasteiger partial charge in [0.25, 0.3) is 0 Å². The average Bonchev–Trinajstić information content (AvgIpc) is 2.79. The van der Waals surface area contributed by atoms with Gasteiger partial charge >= 0.3 is 5.97 Å². The van der Waals surface area contributed by atoms with E-state index in [-0.39, 0.29) is 5.75 Å². The Bertz CT molecular complexity index is 643. The van der Waals surface area contributed by atoms with E-state index in [4.69, 9.17) is 5.11 Å². The zero-order chi connectivity index (χ0) is 14.7. The molecule has 0 atom stereocenters. The van der Waals surface area contributed by atoms with Crippen LogP contribution in [0.1, 0.15) is 18.3 Å². The Kier molecular flexibility index (Phi) is 4.82. The number of hydrogen-bond acceptors (Lipinski definition) is 4. The van der Waals surface area contributed by atoms with Crippen LogP contribution < -0.4 is 0 Å². The molecule has 0 radical (unpaired) electrons. The van der Waals surface area contributed by atoms with E-state index in [2.05, 4.69) is 26.1 Å². The molecule has 106 valence electrons. The van der Waals surface area contributed by atoms with Crippen molar-refractivity contribution in [2.24, 2.45) is 0 Å². The number of rotatable bonds is 5. The molecule has 0 aliphatic heterocycles. The lowest BCUT2D eigenvalue weighted by atomic mass is 10.2. The molecule has 2 rings (SSSR count). The number of halogens is 1. The van der Waals surface area contributed by atoms with Crippen molar-refractivity contribution in [2.75, 3.05) is 5.75 Å². The summed E-state index contributed by atoms with van der Waals surface area (Å²) in [5, 5.41) is 17.6. The largest absolute Gasteiger partial charge is 0.481 e. The molecule has 0 aliphatic carbocycles. The Labute approximate surface area is 129 Å². The molecule has 1 aromatic heterocycles. The Morgan fingerprint density at radius 2 is 2.20 bits per heavy atom. The monoisotopic (exact) mass is 355 g/mol. The SMILES string of the molecule is CCc1nnc(SCC(=O)O)n1-c1ccc(C)cc1Br. The van der Waals surface area contributed by atoms with Crippen LogP contribution in [-0.4, -0.2) is 31.6 Å². The second-order valence-corrected chi connectivity index (χ2v) is 6.02. The van der Waals surface area contributed by atoms with E-state index in [1.54, 1.807) is 0 Å². The molecule has 5 nitrogen and oxygen atoms in total. The predicted molar refractivity (Wildman–Crippen MR) is 81.5 cm³/mol. The molecule has 0 bridgehead atoms. The van der Waals surface area contributed by atoms with Gasteiger partial charge in [-0.2, -0.15) is 0 Å². The quantitative estimate of drug-likeness (QED) is 0.834. The maximum atomic E-state index is 10.7. The average molecular weight is 356 g/mol.